The van der Waals surface area contributed by atoms with Gasteiger partial charge in [-0.1, -0.05) is 165 Å². The molecule has 2 atom stereocenters. The molecule has 28 nitrogen and oxygen atoms in total. The fourth-order valence-electron chi connectivity index (χ4n) is 17.7. The van der Waals surface area contributed by atoms with E-state index in [1.165, 1.54) is 60.6 Å². The maximum Gasteiger partial charge on any atom is 0.254 e. The van der Waals surface area contributed by atoms with Crippen LogP contribution in [0.15, 0.2) is 265 Å². The van der Waals surface area contributed by atoms with Crippen molar-refractivity contribution in [1.82, 2.24) is 49.0 Å². The third-order valence-electron chi connectivity index (χ3n) is 25.1. The fourth-order valence-corrected chi connectivity index (χ4v) is 21.9. The van der Waals surface area contributed by atoms with Gasteiger partial charge in [-0.3, -0.25) is 58.2 Å². The van der Waals surface area contributed by atoms with E-state index < -0.39 is 23.6 Å². The first kappa shape index (κ1) is 103. The van der Waals surface area contributed by atoms with Crippen LogP contribution in [0.1, 0.15) is 80.3 Å². The Morgan fingerprint density at radius 2 is 0.672 bits per heavy atom. The Morgan fingerprint density at radius 3 is 1.07 bits per heavy atom. The molecule has 10 aliphatic rings. The number of hydrogen-bond acceptors (Lipinski definition) is 30. The van der Waals surface area contributed by atoms with Crippen molar-refractivity contribution in [2.45, 2.75) is 111 Å². The van der Waals surface area contributed by atoms with Gasteiger partial charge in [-0.05, 0) is 122 Å². The van der Waals surface area contributed by atoms with E-state index in [9.17, 15) is 28.8 Å². The summed E-state index contributed by atoms with van der Waals surface area (Å²) in [7, 11) is 0. The Balaban J connectivity index is 0.000000147. The molecule has 8 aromatic carbocycles. The van der Waals surface area contributed by atoms with E-state index in [0.717, 1.165) is 210 Å². The second-order valence-corrected chi connectivity index (χ2v) is 38.4. The van der Waals surface area contributed by atoms with Crippen molar-refractivity contribution in [3.8, 4) is 0 Å². The summed E-state index contributed by atoms with van der Waals surface area (Å²) in [6.07, 6.45) is 8.55. The second-order valence-electron chi connectivity index (χ2n) is 34.0. The van der Waals surface area contributed by atoms with E-state index >= 15 is 0 Å². The number of carbonyl (C=O) groups excluding carboxylic acids is 6. The molecule has 0 aliphatic carbocycles. The van der Waals surface area contributed by atoms with Crippen LogP contribution < -0.4 is 0 Å². The van der Waals surface area contributed by atoms with Crippen molar-refractivity contribution in [2.24, 2.45) is 20.0 Å². The van der Waals surface area contributed by atoms with Gasteiger partial charge in [0, 0.05) is 228 Å². The number of imide groups is 2. The SMILES string of the molecule is C.CCC1CN(C2=Nc3ccccc3Sc3ccccc32)CCN1CCOCCO.CCc1ccc2c(c1)Sc1ccccc1N=C2N1CCN(CCOCCO)CC1.O=C(CCC1CN(C2=Nc3ccccc3Sc3ccccc32)CCN1CCOCCO)CN1C(=O)C=CC1=O.O=C(CCc1ccc2c(c1)Sc1ccccc1N=C2N1CCN(CCOCCO)CC1)CN1C(=O)C=CC1=O. The molecule has 0 bridgehead atoms. The minimum absolute atomic E-state index is 0. The van der Waals surface area contributed by atoms with Gasteiger partial charge < -0.3 is 59.0 Å². The minimum atomic E-state index is -0.442. The minimum Gasteiger partial charge on any atom is -0.394 e. The highest BCUT2D eigenvalue weighted by Gasteiger charge is 2.36. The molecule has 4 amide bonds. The zero-order chi connectivity index (χ0) is 94.5. The van der Waals surface area contributed by atoms with Gasteiger partial charge in [-0.2, -0.15) is 0 Å². The van der Waals surface area contributed by atoms with Gasteiger partial charge in [0.15, 0.2) is 11.6 Å². The number of rotatable bonds is 32. The van der Waals surface area contributed by atoms with Crippen LogP contribution in [-0.2, 0) is 60.6 Å². The van der Waals surface area contributed by atoms with Gasteiger partial charge in [0.1, 0.15) is 23.3 Å². The number of para-hydroxylation sites is 4. The number of amides is 4. The molecule has 137 heavy (non-hydrogen) atoms. The highest BCUT2D eigenvalue weighted by Crippen LogP contribution is 2.46. The molecule has 4 fully saturated rings. The molecule has 4 N–H and O–H groups in total. The molecule has 4 saturated heterocycles. The van der Waals surface area contributed by atoms with Crippen LogP contribution in [0.4, 0.5) is 22.7 Å². The number of ketones is 2. The molecule has 10 heterocycles. The normalized spacial score (nSPS) is 18.0. The van der Waals surface area contributed by atoms with Crippen LogP contribution >= 0.6 is 47.0 Å². The van der Waals surface area contributed by atoms with E-state index in [2.05, 4.69) is 180 Å². The summed E-state index contributed by atoms with van der Waals surface area (Å²) >= 11 is 7.04. The van der Waals surface area contributed by atoms with Gasteiger partial charge in [0.25, 0.3) is 23.6 Å². The number of carbonyl (C=O) groups is 6. The molecular weight excluding hydrogens is 1810 g/mol. The van der Waals surface area contributed by atoms with Gasteiger partial charge in [-0.15, -0.1) is 0 Å². The van der Waals surface area contributed by atoms with Gasteiger partial charge in [0.05, 0.1) is 115 Å². The molecule has 10 aliphatic heterocycles. The lowest BCUT2D eigenvalue weighted by molar-refractivity contribution is -0.141. The van der Waals surface area contributed by atoms with Crippen molar-refractivity contribution in [3.05, 3.63) is 240 Å². The van der Waals surface area contributed by atoms with Crippen LogP contribution in [0.3, 0.4) is 0 Å². The molecule has 0 saturated carbocycles. The van der Waals surface area contributed by atoms with Crippen molar-refractivity contribution >= 4 is 128 Å². The Morgan fingerprint density at radius 1 is 0.350 bits per heavy atom. The van der Waals surface area contributed by atoms with Crippen LogP contribution in [0.5, 0.6) is 0 Å². The maximum atomic E-state index is 12.8. The van der Waals surface area contributed by atoms with Crippen molar-refractivity contribution in [1.29, 1.82) is 0 Å². The topological polar surface area (TPSA) is 302 Å². The monoisotopic (exact) mass is 1930 g/mol. The Kier molecular flexibility index (Phi) is 39.0. The second kappa shape index (κ2) is 52.1. The molecule has 724 valence electrons. The summed E-state index contributed by atoms with van der Waals surface area (Å²) in [5.41, 5.74) is 11.0. The molecule has 2 unspecified atom stereocenters. The Hall–Kier alpha value is -10.3. The van der Waals surface area contributed by atoms with Crippen molar-refractivity contribution in [2.75, 3.05) is 210 Å². The summed E-state index contributed by atoms with van der Waals surface area (Å²) in [6, 6.07) is 63.7. The highest BCUT2D eigenvalue weighted by molar-refractivity contribution is 8.00. The Bertz CT molecular complexity index is 5630. The standard InChI is InChI=1S/2C29H32N4O5S.2C23H29N3O2S.CH4/c34-16-18-38-17-15-31-13-14-32(19-21(31)9-10-22(35)20-33-27(36)11-12-28(33)37)29-23-5-1-3-7-25(23)39-26-8-4-2-6-24(26)30-29;34-16-18-38-17-15-31-11-13-32(14-12-31)29-23-8-6-21(5-7-22(35)20-33-27(36)9-10-28(33)37)19-26(23)39-25-4-2-1-3-24(25)30-29;1-2-18-17-26(12-11-25(18)13-15-28-16-14-27)23-19-7-3-5-9-21(19)29-22-10-6-4-8-20(22)24-23;1-2-18-7-8-19-22(17-18)29-21-6-4-3-5-20(21)24-23(19)26-11-9-25(10-12-26)13-15-28-16-14-27;/h1-8,11-12,21,34H,9-10,13-20H2;1-4,6,8-10,19,34H,5,7,11-18,20H2;3-10,18,27H,2,11-17H2,1H3;3-8,17,27H,2,9-16H2,1H3;1H4. The molecule has 0 aromatic heterocycles. The number of hydrogen-bond donors (Lipinski definition) is 4. The lowest BCUT2D eigenvalue weighted by Gasteiger charge is -2.43. The fraction of sp³-hybridized carbons (Fsp3) is 0.410. The predicted molar refractivity (Wildman–Crippen MR) is 540 cm³/mol. The lowest BCUT2D eigenvalue weighted by Crippen LogP contribution is -2.55. The molecule has 18 rings (SSSR count). The predicted octanol–water partition coefficient (Wildman–Crippen LogP) is 12.5. The first-order chi connectivity index (χ1) is 66.6. The maximum absolute atomic E-state index is 12.8. The number of nitrogens with zero attached hydrogens (tertiary/aromatic N) is 14. The largest absolute Gasteiger partial charge is 0.394 e. The summed E-state index contributed by atoms with van der Waals surface area (Å²) in [4.78, 5) is 124. The number of piperazine rings is 4. The van der Waals surface area contributed by atoms with Crippen LogP contribution in [0, 0.1) is 0 Å². The van der Waals surface area contributed by atoms with Crippen LogP contribution in [0.25, 0.3) is 0 Å². The van der Waals surface area contributed by atoms with E-state index in [0.29, 0.717) is 84.8 Å². The van der Waals surface area contributed by atoms with Crippen LogP contribution in [0.2, 0.25) is 0 Å². The number of Topliss-reactive ketones (excluding diaryl/α,β-unsaturated/α-hetero) is 2. The van der Waals surface area contributed by atoms with Gasteiger partial charge in [-0.25, -0.2) is 20.0 Å². The number of fused-ring (bicyclic) bond motifs is 8. The lowest BCUT2D eigenvalue weighted by atomic mass is 10.0. The molecule has 8 aromatic rings. The number of aliphatic imine (C=N–C) groups is 4. The molecule has 32 heteroatoms. The van der Waals surface area contributed by atoms with Crippen molar-refractivity contribution in [3.63, 3.8) is 0 Å². The highest BCUT2D eigenvalue weighted by atomic mass is 32.2. The summed E-state index contributed by atoms with van der Waals surface area (Å²) in [6.45, 7) is 24.1. The van der Waals surface area contributed by atoms with Crippen LogP contribution in [-0.4, -0.2) is 350 Å². The third kappa shape index (κ3) is 27.6. The number of aliphatic hydroxyl groups excluding tert-OH is 4. The average molecular weight is 1940 g/mol. The number of aliphatic hydroxyl groups is 4. The molecule has 0 radical (unpaired) electrons. The first-order valence-electron chi connectivity index (χ1n) is 47.3. The van der Waals surface area contributed by atoms with E-state index in [1.54, 1.807) is 35.3 Å². The number of ether oxygens (including phenoxy) is 4. The number of benzene rings is 8. The third-order valence-corrected chi connectivity index (χ3v) is 29.6. The summed E-state index contributed by atoms with van der Waals surface area (Å²) in [5, 5.41) is 35.7. The Labute approximate surface area is 820 Å². The zero-order valence-corrected chi connectivity index (χ0v) is 80.7. The first-order valence-corrected chi connectivity index (χ1v) is 50.5. The zero-order valence-electron chi connectivity index (χ0n) is 77.4. The summed E-state index contributed by atoms with van der Waals surface area (Å²) < 4.78 is 21.9. The molecular formula is C105H126N14O14S4. The summed E-state index contributed by atoms with van der Waals surface area (Å²) in [5.74, 6) is 2.03. The van der Waals surface area contributed by atoms with Gasteiger partial charge in [0.2, 0.25) is 0 Å². The molecule has 0 spiro atoms. The number of amidine groups is 4. The number of aryl methyl sites for hydroxylation is 2. The van der Waals surface area contributed by atoms with Crippen molar-refractivity contribution < 1.29 is 68.1 Å². The van der Waals surface area contributed by atoms with Gasteiger partial charge >= 0.3 is 0 Å². The van der Waals surface area contributed by atoms with E-state index in [-0.39, 0.29) is 77.4 Å². The smallest absolute Gasteiger partial charge is 0.254 e. The van der Waals surface area contributed by atoms with E-state index in [1.807, 2.05) is 66.4 Å². The quantitative estimate of drug-likeness (QED) is 0.0225. The van der Waals surface area contributed by atoms with E-state index in [4.69, 9.17) is 59.3 Å². The average Bonchev–Trinajstić information content (AvgIpc) is 1.72.